The van der Waals surface area contributed by atoms with Gasteiger partial charge in [-0.1, -0.05) is 29.5 Å². The van der Waals surface area contributed by atoms with Crippen molar-refractivity contribution in [1.29, 1.82) is 0 Å². The Labute approximate surface area is 132 Å². The van der Waals surface area contributed by atoms with Crippen LogP contribution < -0.4 is 4.72 Å². The second-order valence-electron chi connectivity index (χ2n) is 5.05. The van der Waals surface area contributed by atoms with E-state index in [1.807, 2.05) is 19.9 Å². The summed E-state index contributed by atoms with van der Waals surface area (Å²) in [6, 6.07) is 6.91. The first-order chi connectivity index (χ1) is 10.4. The molecule has 0 saturated heterocycles. The highest BCUT2D eigenvalue weighted by Gasteiger charge is 2.19. The van der Waals surface area contributed by atoms with Crippen LogP contribution in [0, 0.1) is 20.8 Å². The van der Waals surface area contributed by atoms with Gasteiger partial charge in [-0.3, -0.25) is 0 Å². The molecule has 0 amide bonds. The molecule has 1 aromatic carbocycles. The van der Waals surface area contributed by atoms with E-state index in [1.165, 1.54) is 11.3 Å². The molecule has 3 aromatic rings. The Balaban J connectivity index is 1.90. The zero-order chi connectivity index (χ0) is 15.9. The molecule has 0 unspecified atom stereocenters. The van der Waals surface area contributed by atoms with Gasteiger partial charge in [0.15, 0.2) is 0 Å². The monoisotopic (exact) mass is 336 g/mol. The van der Waals surface area contributed by atoms with Crippen LogP contribution in [0.25, 0.3) is 4.96 Å². The molecule has 1 N–H and O–H groups in total. The van der Waals surface area contributed by atoms with Crippen LogP contribution in [0.1, 0.15) is 22.0 Å². The van der Waals surface area contributed by atoms with Crippen LogP contribution in [0.5, 0.6) is 0 Å². The van der Waals surface area contributed by atoms with Gasteiger partial charge in [0.2, 0.25) is 15.0 Å². The number of nitrogens with one attached hydrogen (secondary N) is 1. The summed E-state index contributed by atoms with van der Waals surface area (Å²) < 4.78 is 29.2. The average Bonchev–Trinajstić information content (AvgIpc) is 2.92. The average molecular weight is 336 g/mol. The van der Waals surface area contributed by atoms with Gasteiger partial charge in [-0.15, -0.1) is 0 Å². The van der Waals surface area contributed by atoms with E-state index in [2.05, 4.69) is 14.8 Å². The summed E-state index contributed by atoms with van der Waals surface area (Å²) in [5.41, 5.74) is 2.26. The Hall–Kier alpha value is -1.77. The van der Waals surface area contributed by atoms with Gasteiger partial charge in [-0.05, 0) is 32.4 Å². The van der Waals surface area contributed by atoms with Crippen LogP contribution in [0.4, 0.5) is 0 Å². The lowest BCUT2D eigenvalue weighted by Gasteiger charge is -2.09. The van der Waals surface area contributed by atoms with Crippen molar-refractivity contribution in [2.45, 2.75) is 32.2 Å². The van der Waals surface area contributed by atoms with Crippen LogP contribution >= 0.6 is 11.3 Å². The Morgan fingerprint density at radius 1 is 1.23 bits per heavy atom. The molecule has 0 fully saturated rings. The Kier molecular flexibility index (Phi) is 3.75. The quantitative estimate of drug-likeness (QED) is 0.792. The summed E-state index contributed by atoms with van der Waals surface area (Å²) in [5, 5.41) is 5.26. The van der Waals surface area contributed by atoms with E-state index in [0.29, 0.717) is 4.90 Å². The molecule has 116 valence electrons. The van der Waals surface area contributed by atoms with E-state index in [-0.39, 0.29) is 6.54 Å². The van der Waals surface area contributed by atoms with Crippen molar-refractivity contribution in [2.75, 3.05) is 0 Å². The minimum Gasteiger partial charge on any atom is -0.223 e. The summed E-state index contributed by atoms with van der Waals surface area (Å²) in [4.78, 5) is 5.48. The van der Waals surface area contributed by atoms with E-state index in [4.69, 9.17) is 0 Å². The molecule has 2 heterocycles. The number of aryl methyl sites for hydroxylation is 3. The molecule has 3 rings (SSSR count). The number of hydrogen-bond donors (Lipinski definition) is 1. The minimum atomic E-state index is -3.56. The normalized spacial score (nSPS) is 12.1. The summed E-state index contributed by atoms with van der Waals surface area (Å²) in [5.74, 6) is 0. The van der Waals surface area contributed by atoms with Crippen LogP contribution in [0.2, 0.25) is 0 Å². The molecule has 0 radical (unpaired) electrons. The number of aromatic nitrogens is 3. The Morgan fingerprint density at radius 3 is 2.68 bits per heavy atom. The highest BCUT2D eigenvalue weighted by atomic mass is 32.2. The summed E-state index contributed by atoms with van der Waals surface area (Å²) in [6.07, 6.45) is 0. The second kappa shape index (κ2) is 5.45. The first-order valence-corrected chi connectivity index (χ1v) is 9.05. The van der Waals surface area contributed by atoms with E-state index < -0.39 is 10.0 Å². The van der Waals surface area contributed by atoms with Crippen molar-refractivity contribution in [3.05, 3.63) is 46.2 Å². The molecule has 0 aliphatic heterocycles. The predicted molar refractivity (Wildman–Crippen MR) is 85.5 cm³/mol. The Morgan fingerprint density at radius 2 is 1.95 bits per heavy atom. The fourth-order valence-electron chi connectivity index (χ4n) is 2.29. The predicted octanol–water partition coefficient (Wildman–Crippen LogP) is 2.19. The molecular formula is C14H16N4O2S2. The van der Waals surface area contributed by atoms with Gasteiger partial charge in [0.1, 0.15) is 5.01 Å². The third-order valence-corrected chi connectivity index (χ3v) is 5.80. The molecule has 0 bridgehead atoms. The van der Waals surface area contributed by atoms with Crippen molar-refractivity contribution in [3.63, 3.8) is 0 Å². The van der Waals surface area contributed by atoms with Crippen LogP contribution in [-0.4, -0.2) is 23.0 Å². The fourth-order valence-corrected chi connectivity index (χ4v) is 4.33. The number of rotatable bonds is 4. The zero-order valence-electron chi connectivity index (χ0n) is 12.5. The van der Waals surface area contributed by atoms with Gasteiger partial charge in [0, 0.05) is 0 Å². The number of hydrogen-bond acceptors (Lipinski definition) is 5. The van der Waals surface area contributed by atoms with Gasteiger partial charge in [0.25, 0.3) is 0 Å². The molecular weight excluding hydrogens is 320 g/mol. The van der Waals surface area contributed by atoms with E-state index in [0.717, 1.165) is 26.9 Å². The first-order valence-electron chi connectivity index (χ1n) is 6.75. The molecule has 0 saturated carbocycles. The van der Waals surface area contributed by atoms with Gasteiger partial charge in [-0.25, -0.2) is 22.6 Å². The highest BCUT2D eigenvalue weighted by molar-refractivity contribution is 7.89. The molecule has 8 heteroatoms. The zero-order valence-corrected chi connectivity index (χ0v) is 14.1. The summed E-state index contributed by atoms with van der Waals surface area (Å²) in [7, 11) is -3.56. The lowest BCUT2D eigenvalue weighted by Crippen LogP contribution is -2.25. The van der Waals surface area contributed by atoms with Gasteiger partial charge in [-0.2, -0.15) is 5.10 Å². The topological polar surface area (TPSA) is 76.4 Å². The molecule has 0 aliphatic carbocycles. The molecule has 0 aliphatic rings. The smallest absolute Gasteiger partial charge is 0.223 e. The third-order valence-electron chi connectivity index (χ3n) is 3.41. The number of imidazole rings is 1. The SMILES string of the molecule is Cc1nn2c(CNS(=O)(=O)c3ccccc3C)c(C)nc2s1. The van der Waals surface area contributed by atoms with E-state index in [1.54, 1.807) is 29.6 Å². The summed E-state index contributed by atoms with van der Waals surface area (Å²) in [6.45, 7) is 5.69. The standard InChI is InChI=1S/C14H16N4O2S2/c1-9-6-4-5-7-13(9)22(19,20)15-8-12-10(2)16-14-18(12)17-11(3)21-14/h4-7,15H,8H2,1-3H3. The molecule has 6 nitrogen and oxygen atoms in total. The number of nitrogens with zero attached hydrogens (tertiary/aromatic N) is 3. The van der Waals surface area contributed by atoms with Crippen LogP contribution in [-0.2, 0) is 16.6 Å². The molecule has 0 atom stereocenters. The first kappa shape index (κ1) is 15.1. The Bertz CT molecular complexity index is 941. The largest absolute Gasteiger partial charge is 0.241 e. The maximum atomic E-state index is 12.4. The lowest BCUT2D eigenvalue weighted by atomic mass is 10.2. The van der Waals surface area contributed by atoms with Gasteiger partial charge >= 0.3 is 0 Å². The van der Waals surface area contributed by atoms with Gasteiger partial charge < -0.3 is 0 Å². The van der Waals surface area contributed by atoms with E-state index >= 15 is 0 Å². The number of benzene rings is 1. The van der Waals surface area contributed by atoms with Crippen molar-refractivity contribution in [2.24, 2.45) is 0 Å². The molecule has 2 aromatic heterocycles. The van der Waals surface area contributed by atoms with Crippen molar-refractivity contribution >= 4 is 26.3 Å². The molecule has 0 spiro atoms. The van der Waals surface area contributed by atoms with Crippen LogP contribution in [0.3, 0.4) is 0 Å². The fraction of sp³-hybridized carbons (Fsp3) is 0.286. The van der Waals surface area contributed by atoms with Crippen molar-refractivity contribution in [3.8, 4) is 0 Å². The maximum absolute atomic E-state index is 12.4. The maximum Gasteiger partial charge on any atom is 0.241 e. The van der Waals surface area contributed by atoms with E-state index in [9.17, 15) is 8.42 Å². The van der Waals surface area contributed by atoms with Crippen LogP contribution in [0.15, 0.2) is 29.2 Å². The summed E-state index contributed by atoms with van der Waals surface area (Å²) >= 11 is 1.48. The number of fused-ring (bicyclic) bond motifs is 1. The number of sulfonamides is 1. The lowest BCUT2D eigenvalue weighted by molar-refractivity contribution is 0.578. The third kappa shape index (κ3) is 2.65. The second-order valence-corrected chi connectivity index (χ2v) is 7.94. The van der Waals surface area contributed by atoms with Gasteiger partial charge in [0.05, 0.1) is 22.8 Å². The molecule has 22 heavy (non-hydrogen) atoms. The minimum absolute atomic E-state index is 0.160. The highest BCUT2D eigenvalue weighted by Crippen LogP contribution is 2.19. The van der Waals surface area contributed by atoms with Crippen molar-refractivity contribution < 1.29 is 8.42 Å². The van der Waals surface area contributed by atoms with Crippen molar-refractivity contribution in [1.82, 2.24) is 19.3 Å².